The molecule has 0 aliphatic rings. The molecule has 2 aromatic carbocycles. The predicted octanol–water partition coefficient (Wildman–Crippen LogP) is 4.83. The van der Waals surface area contributed by atoms with E-state index in [-0.39, 0.29) is 0 Å². The van der Waals surface area contributed by atoms with Crippen molar-refractivity contribution < 1.29 is 18.0 Å². The first-order valence-corrected chi connectivity index (χ1v) is 8.62. The van der Waals surface area contributed by atoms with Gasteiger partial charge in [-0.2, -0.15) is 0 Å². The summed E-state index contributed by atoms with van der Waals surface area (Å²) in [5.74, 6) is -4.86. The molecule has 1 aromatic heterocycles. The van der Waals surface area contributed by atoms with E-state index in [1.54, 1.807) is 6.92 Å². The van der Waals surface area contributed by atoms with Crippen LogP contribution in [-0.2, 0) is 4.79 Å². The van der Waals surface area contributed by atoms with E-state index in [9.17, 15) is 18.0 Å². The average Bonchev–Trinajstić information content (AvgIpc) is 2.97. The minimum Gasteiger partial charge on any atom is -0.323 e. The van der Waals surface area contributed by atoms with Crippen molar-refractivity contribution in [3.63, 3.8) is 0 Å². The molecule has 8 heteroatoms. The van der Waals surface area contributed by atoms with E-state index in [1.165, 1.54) is 23.1 Å². The molecule has 0 saturated carbocycles. The number of benzene rings is 2. The number of fused-ring (bicyclic) bond motifs is 1. The minimum absolute atomic E-state index is 0.393. The van der Waals surface area contributed by atoms with Gasteiger partial charge in [-0.25, -0.2) is 18.2 Å². The molecule has 3 rings (SSSR count). The highest BCUT2D eigenvalue weighted by Crippen LogP contribution is 2.32. The van der Waals surface area contributed by atoms with Crippen LogP contribution in [0.15, 0.2) is 40.7 Å². The van der Waals surface area contributed by atoms with Crippen LogP contribution in [0, 0.1) is 17.5 Å². The van der Waals surface area contributed by atoms with E-state index in [0.29, 0.717) is 4.34 Å². The van der Waals surface area contributed by atoms with Crippen molar-refractivity contribution in [1.82, 2.24) is 4.98 Å². The number of nitrogens with zero attached hydrogens (tertiary/aromatic N) is 1. The molecule has 0 fully saturated rings. The maximum atomic E-state index is 13.6. The minimum atomic E-state index is -1.61. The molecule has 0 bridgehead atoms. The largest absolute Gasteiger partial charge is 0.323 e. The number of para-hydroxylation sites is 1. The van der Waals surface area contributed by atoms with Crippen LogP contribution in [0.2, 0.25) is 0 Å². The second-order valence-corrected chi connectivity index (χ2v) is 7.54. The van der Waals surface area contributed by atoms with Crippen LogP contribution in [0.1, 0.15) is 6.92 Å². The van der Waals surface area contributed by atoms with Crippen molar-refractivity contribution in [2.45, 2.75) is 16.5 Å². The Morgan fingerprint density at radius 1 is 1.17 bits per heavy atom. The summed E-state index contributed by atoms with van der Waals surface area (Å²) in [6, 6.07) is 9.32. The van der Waals surface area contributed by atoms with Gasteiger partial charge in [-0.05, 0) is 31.2 Å². The lowest BCUT2D eigenvalue weighted by atomic mass is 10.2. The summed E-state index contributed by atoms with van der Waals surface area (Å²) >= 11 is 2.66. The van der Waals surface area contributed by atoms with Crippen LogP contribution in [-0.4, -0.2) is 16.1 Å². The number of rotatable bonds is 4. The molecule has 1 heterocycles. The molecule has 0 spiro atoms. The number of amides is 1. The van der Waals surface area contributed by atoms with E-state index in [4.69, 9.17) is 0 Å². The van der Waals surface area contributed by atoms with Crippen LogP contribution in [0.25, 0.3) is 10.2 Å². The number of carbonyl (C=O) groups excluding carboxylic acids is 1. The number of hydrogen-bond donors (Lipinski definition) is 1. The van der Waals surface area contributed by atoms with Crippen LogP contribution < -0.4 is 5.32 Å². The molecule has 0 aliphatic carbocycles. The molecule has 124 valence electrons. The number of thioether (sulfide) groups is 1. The standard InChI is InChI=1S/C16H11F3N2OS2/c1-8(23-16-21-10-4-2-3-5-12(10)24-16)15(22)20-11-7-6-9(17)13(18)14(11)19/h2-8H,1H3,(H,20,22). The third-order valence-electron chi connectivity index (χ3n) is 3.21. The van der Waals surface area contributed by atoms with Gasteiger partial charge in [-0.3, -0.25) is 4.79 Å². The maximum Gasteiger partial charge on any atom is 0.237 e. The summed E-state index contributed by atoms with van der Waals surface area (Å²) in [6.45, 7) is 1.63. The summed E-state index contributed by atoms with van der Waals surface area (Å²) in [5, 5.41) is 1.68. The van der Waals surface area contributed by atoms with Crippen LogP contribution in [0.3, 0.4) is 0 Å². The quantitative estimate of drug-likeness (QED) is 0.530. The van der Waals surface area contributed by atoms with Gasteiger partial charge >= 0.3 is 0 Å². The highest BCUT2D eigenvalue weighted by atomic mass is 32.2. The Morgan fingerprint density at radius 3 is 2.67 bits per heavy atom. The molecule has 1 unspecified atom stereocenters. The Labute approximate surface area is 143 Å². The van der Waals surface area contributed by atoms with Crippen molar-refractivity contribution in [1.29, 1.82) is 0 Å². The smallest absolute Gasteiger partial charge is 0.237 e. The fourth-order valence-corrected chi connectivity index (χ4v) is 4.17. The monoisotopic (exact) mass is 368 g/mol. The molecule has 24 heavy (non-hydrogen) atoms. The summed E-state index contributed by atoms with van der Waals surface area (Å²) in [7, 11) is 0. The molecule has 1 atom stereocenters. The van der Waals surface area contributed by atoms with E-state index in [2.05, 4.69) is 10.3 Å². The number of thiazole rings is 1. The Kier molecular flexibility index (Phi) is 4.77. The van der Waals surface area contributed by atoms with Gasteiger partial charge in [0.2, 0.25) is 5.91 Å². The van der Waals surface area contributed by atoms with Gasteiger partial charge in [-0.1, -0.05) is 23.9 Å². The highest BCUT2D eigenvalue weighted by Gasteiger charge is 2.20. The predicted molar refractivity (Wildman–Crippen MR) is 89.9 cm³/mol. The van der Waals surface area contributed by atoms with Gasteiger partial charge in [-0.15, -0.1) is 11.3 Å². The Balaban J connectivity index is 1.72. The van der Waals surface area contributed by atoms with Crippen molar-refractivity contribution in [2.75, 3.05) is 5.32 Å². The normalized spacial score (nSPS) is 12.3. The number of carbonyl (C=O) groups is 1. The SMILES string of the molecule is CC(Sc1nc2ccccc2s1)C(=O)Nc1ccc(F)c(F)c1F. The lowest BCUT2D eigenvalue weighted by Gasteiger charge is -2.11. The molecular weight excluding hydrogens is 357 g/mol. The van der Waals surface area contributed by atoms with E-state index < -0.39 is 34.3 Å². The number of halogens is 3. The fraction of sp³-hybridized carbons (Fsp3) is 0.125. The Hall–Kier alpha value is -2.06. The van der Waals surface area contributed by atoms with Gasteiger partial charge in [0, 0.05) is 0 Å². The van der Waals surface area contributed by atoms with Gasteiger partial charge in [0.15, 0.2) is 21.8 Å². The summed E-state index contributed by atoms with van der Waals surface area (Å²) in [5.41, 5.74) is 0.444. The summed E-state index contributed by atoms with van der Waals surface area (Å²) < 4.78 is 41.4. The maximum absolute atomic E-state index is 13.6. The number of hydrogen-bond acceptors (Lipinski definition) is 4. The van der Waals surface area contributed by atoms with Gasteiger partial charge in [0.25, 0.3) is 0 Å². The highest BCUT2D eigenvalue weighted by molar-refractivity contribution is 8.02. The zero-order valence-corrected chi connectivity index (χ0v) is 14.0. The zero-order valence-electron chi connectivity index (χ0n) is 12.3. The van der Waals surface area contributed by atoms with Gasteiger partial charge < -0.3 is 5.32 Å². The fourth-order valence-electron chi connectivity index (χ4n) is 1.96. The molecular formula is C16H11F3N2OS2. The number of aromatic nitrogens is 1. The first-order valence-electron chi connectivity index (χ1n) is 6.92. The second-order valence-electron chi connectivity index (χ2n) is 4.92. The summed E-state index contributed by atoms with van der Waals surface area (Å²) in [4.78, 5) is 16.5. The van der Waals surface area contributed by atoms with Gasteiger partial charge in [0.1, 0.15) is 0 Å². The Bertz CT molecular complexity index is 880. The van der Waals surface area contributed by atoms with E-state index in [0.717, 1.165) is 22.3 Å². The number of nitrogens with one attached hydrogen (secondary N) is 1. The Morgan fingerprint density at radius 2 is 1.92 bits per heavy atom. The van der Waals surface area contributed by atoms with Crippen molar-refractivity contribution >= 4 is 44.9 Å². The zero-order chi connectivity index (χ0) is 17.3. The van der Waals surface area contributed by atoms with Crippen molar-refractivity contribution in [3.8, 4) is 0 Å². The summed E-state index contributed by atoms with van der Waals surface area (Å²) in [6.07, 6.45) is 0. The molecule has 0 saturated heterocycles. The molecule has 3 aromatic rings. The molecule has 0 radical (unpaired) electrons. The van der Waals surface area contributed by atoms with Gasteiger partial charge in [0.05, 0.1) is 21.2 Å². The van der Waals surface area contributed by atoms with Crippen molar-refractivity contribution in [2.24, 2.45) is 0 Å². The first kappa shape index (κ1) is 16.8. The van der Waals surface area contributed by atoms with Crippen molar-refractivity contribution in [3.05, 3.63) is 53.8 Å². The molecule has 1 N–H and O–H groups in total. The lowest BCUT2D eigenvalue weighted by Crippen LogP contribution is -2.23. The third kappa shape index (κ3) is 3.39. The molecule has 3 nitrogen and oxygen atoms in total. The first-order chi connectivity index (χ1) is 11.5. The van der Waals surface area contributed by atoms with Crippen LogP contribution in [0.4, 0.5) is 18.9 Å². The second kappa shape index (κ2) is 6.82. The third-order valence-corrected chi connectivity index (χ3v) is 5.44. The average molecular weight is 368 g/mol. The molecule has 0 aliphatic heterocycles. The van der Waals surface area contributed by atoms with Crippen LogP contribution >= 0.6 is 23.1 Å². The topological polar surface area (TPSA) is 42.0 Å². The molecule has 1 amide bonds. The van der Waals surface area contributed by atoms with E-state index in [1.807, 2.05) is 24.3 Å². The van der Waals surface area contributed by atoms with Crippen LogP contribution in [0.5, 0.6) is 0 Å². The van der Waals surface area contributed by atoms with E-state index >= 15 is 0 Å². The lowest BCUT2D eigenvalue weighted by molar-refractivity contribution is -0.115. The number of anilines is 1.